The molecule has 0 spiro atoms. The third-order valence-corrected chi connectivity index (χ3v) is 6.95. The lowest BCUT2D eigenvalue weighted by molar-refractivity contribution is -0.123. The Morgan fingerprint density at radius 1 is 1.19 bits per heavy atom. The van der Waals surface area contributed by atoms with Gasteiger partial charge in [0.15, 0.2) is 5.69 Å². The smallest absolute Gasteiger partial charge is 0.273 e. The number of anilines is 2. The number of amides is 3. The molecule has 11 heteroatoms. The summed E-state index contributed by atoms with van der Waals surface area (Å²) in [6.45, 7) is 4.70. The number of nitrogens with two attached hydrogens (primary N) is 2. The Morgan fingerprint density at radius 2 is 1.86 bits per heavy atom. The second kappa shape index (κ2) is 11.0. The van der Waals surface area contributed by atoms with E-state index in [2.05, 4.69) is 9.69 Å². The Bertz CT molecular complexity index is 1300. The molecule has 1 saturated heterocycles. The number of nitrogens with zero attached hydrogens (tertiary/aromatic N) is 2. The molecule has 194 valence electrons. The topological polar surface area (TPSA) is 161 Å². The molecular formula is C26H29N5O5S. The van der Waals surface area contributed by atoms with Crippen LogP contribution in [0.15, 0.2) is 42.5 Å². The number of carbonyl (C=O) groups is 3. The first-order chi connectivity index (χ1) is 17.7. The number of ether oxygens (including phenoxy) is 1. The molecule has 0 saturated carbocycles. The van der Waals surface area contributed by atoms with Gasteiger partial charge in [-0.1, -0.05) is 18.2 Å². The van der Waals surface area contributed by atoms with Crippen LogP contribution >= 0.6 is 11.5 Å². The number of hydrogen-bond acceptors (Lipinski definition) is 8. The largest absolute Gasteiger partial charge is 0.508 e. The normalized spacial score (nSPS) is 15.8. The molecule has 1 fully saturated rings. The van der Waals surface area contributed by atoms with Gasteiger partial charge in [-0.25, -0.2) is 0 Å². The number of aromatic nitrogens is 1. The summed E-state index contributed by atoms with van der Waals surface area (Å²) in [6.07, 6.45) is 1.64. The van der Waals surface area contributed by atoms with E-state index < -0.39 is 23.8 Å². The molecule has 0 aliphatic carbocycles. The molecule has 0 radical (unpaired) electrons. The average Bonchev–Trinajstić information content (AvgIpc) is 3.50. The van der Waals surface area contributed by atoms with Crippen LogP contribution in [-0.4, -0.2) is 46.5 Å². The molecular weight excluding hydrogens is 494 g/mol. The van der Waals surface area contributed by atoms with Crippen molar-refractivity contribution in [3.63, 3.8) is 0 Å². The summed E-state index contributed by atoms with van der Waals surface area (Å²) in [5.41, 5.74) is 13.8. The van der Waals surface area contributed by atoms with E-state index >= 15 is 0 Å². The summed E-state index contributed by atoms with van der Waals surface area (Å²) in [5, 5.41) is 12.8. The van der Waals surface area contributed by atoms with Crippen molar-refractivity contribution >= 4 is 40.6 Å². The van der Waals surface area contributed by atoms with Crippen LogP contribution < -0.4 is 21.7 Å². The molecule has 6 N–H and O–H groups in total. The van der Waals surface area contributed by atoms with Crippen molar-refractivity contribution in [3.05, 3.63) is 69.7 Å². The highest BCUT2D eigenvalue weighted by atomic mass is 32.1. The number of nitrogens with one attached hydrogen (secondary N) is 1. The van der Waals surface area contributed by atoms with Gasteiger partial charge in [-0.3, -0.25) is 19.3 Å². The Balaban J connectivity index is 1.83. The van der Waals surface area contributed by atoms with E-state index in [4.69, 9.17) is 16.2 Å². The van der Waals surface area contributed by atoms with Gasteiger partial charge in [0.05, 0.1) is 11.8 Å². The highest BCUT2D eigenvalue weighted by Gasteiger charge is 2.36. The molecule has 3 amide bonds. The van der Waals surface area contributed by atoms with Crippen molar-refractivity contribution in [2.75, 3.05) is 23.8 Å². The maximum atomic E-state index is 14.1. The summed E-state index contributed by atoms with van der Waals surface area (Å²) >= 11 is 0.746. The van der Waals surface area contributed by atoms with Crippen LogP contribution in [-0.2, 0) is 9.53 Å². The SMILES string of the molecule is Cc1cc(C)cc(N(C(=O)c2snc(C(N)=O)c2N)C(C(=O)NCC2CCCO2)c2ccc(O)cc2)c1. The van der Waals surface area contributed by atoms with Crippen LogP contribution in [0.2, 0.25) is 0 Å². The molecule has 0 bridgehead atoms. The number of benzene rings is 2. The number of phenols is 1. The summed E-state index contributed by atoms with van der Waals surface area (Å²) < 4.78 is 9.61. The lowest BCUT2D eigenvalue weighted by Gasteiger charge is -2.32. The van der Waals surface area contributed by atoms with E-state index in [0.717, 1.165) is 35.5 Å². The van der Waals surface area contributed by atoms with Crippen LogP contribution in [0.4, 0.5) is 11.4 Å². The molecule has 37 heavy (non-hydrogen) atoms. The van der Waals surface area contributed by atoms with Gasteiger partial charge < -0.3 is 26.6 Å². The lowest BCUT2D eigenvalue weighted by Crippen LogP contribution is -2.45. The van der Waals surface area contributed by atoms with Crippen molar-refractivity contribution < 1.29 is 24.2 Å². The summed E-state index contributed by atoms with van der Waals surface area (Å²) in [7, 11) is 0. The first-order valence-corrected chi connectivity index (χ1v) is 12.6. The Labute approximate surface area is 218 Å². The predicted octanol–water partition coefficient (Wildman–Crippen LogP) is 2.83. The van der Waals surface area contributed by atoms with Gasteiger partial charge in [-0.2, -0.15) is 4.37 Å². The number of hydrogen-bond donors (Lipinski definition) is 4. The molecule has 1 aromatic heterocycles. The molecule has 2 unspecified atom stereocenters. The number of phenolic OH excluding ortho intramolecular Hbond substituents is 1. The zero-order valence-electron chi connectivity index (χ0n) is 20.6. The fraction of sp³-hybridized carbons (Fsp3) is 0.308. The maximum Gasteiger partial charge on any atom is 0.273 e. The van der Waals surface area contributed by atoms with Gasteiger partial charge in [0, 0.05) is 18.8 Å². The van der Waals surface area contributed by atoms with Crippen LogP contribution in [0.25, 0.3) is 0 Å². The molecule has 1 aliphatic heterocycles. The van der Waals surface area contributed by atoms with Crippen molar-refractivity contribution in [3.8, 4) is 5.75 Å². The highest BCUT2D eigenvalue weighted by molar-refractivity contribution is 7.09. The minimum absolute atomic E-state index is 0.0105. The zero-order valence-corrected chi connectivity index (χ0v) is 21.4. The van der Waals surface area contributed by atoms with Gasteiger partial charge in [0.25, 0.3) is 11.8 Å². The van der Waals surface area contributed by atoms with Gasteiger partial charge in [0.1, 0.15) is 16.7 Å². The van der Waals surface area contributed by atoms with Crippen LogP contribution in [0.3, 0.4) is 0 Å². The molecule has 2 atom stereocenters. The van der Waals surface area contributed by atoms with Crippen molar-refractivity contribution in [1.29, 1.82) is 0 Å². The second-order valence-corrected chi connectivity index (χ2v) is 9.81. The fourth-order valence-corrected chi connectivity index (χ4v) is 5.14. The first-order valence-electron chi connectivity index (χ1n) is 11.8. The quantitative estimate of drug-likeness (QED) is 0.353. The van der Waals surface area contributed by atoms with E-state index in [1.165, 1.54) is 17.0 Å². The standard InChI is InChI=1S/C26H29N5O5S/c1-14-10-15(2)12-17(11-14)31(26(35)23-20(27)21(24(28)33)30-37-23)22(16-5-7-18(32)8-6-16)25(34)29-13-19-4-3-9-36-19/h5-8,10-12,19,22,32H,3-4,9,13,27H2,1-2H3,(H2,28,33)(H,29,34). The summed E-state index contributed by atoms with van der Waals surface area (Å²) in [5.74, 6) is -1.88. The van der Waals surface area contributed by atoms with Crippen LogP contribution in [0.1, 0.15) is 55.7 Å². The Kier molecular flexibility index (Phi) is 7.74. The van der Waals surface area contributed by atoms with E-state index in [9.17, 15) is 19.5 Å². The van der Waals surface area contributed by atoms with E-state index in [1.807, 2.05) is 19.9 Å². The maximum absolute atomic E-state index is 14.1. The summed E-state index contributed by atoms with van der Waals surface area (Å²) in [6, 6.07) is 10.5. The zero-order chi connectivity index (χ0) is 26.7. The fourth-order valence-electron chi connectivity index (χ4n) is 4.40. The van der Waals surface area contributed by atoms with Crippen molar-refractivity contribution in [1.82, 2.24) is 9.69 Å². The Hall–Kier alpha value is -3.96. The third kappa shape index (κ3) is 5.73. The third-order valence-electron chi connectivity index (χ3n) is 6.10. The van der Waals surface area contributed by atoms with Gasteiger partial charge >= 0.3 is 0 Å². The lowest BCUT2D eigenvalue weighted by atomic mass is 10.0. The Morgan fingerprint density at radius 3 is 2.43 bits per heavy atom. The van der Waals surface area contributed by atoms with E-state index in [0.29, 0.717) is 17.9 Å². The number of rotatable bonds is 8. The predicted molar refractivity (Wildman–Crippen MR) is 141 cm³/mol. The monoisotopic (exact) mass is 523 g/mol. The van der Waals surface area contributed by atoms with E-state index in [1.54, 1.807) is 24.3 Å². The number of aryl methyl sites for hydroxylation is 2. The number of aromatic hydroxyl groups is 1. The average molecular weight is 524 g/mol. The van der Waals surface area contributed by atoms with Crippen LogP contribution in [0.5, 0.6) is 5.75 Å². The van der Waals surface area contributed by atoms with E-state index in [-0.39, 0.29) is 34.7 Å². The molecule has 2 heterocycles. The summed E-state index contributed by atoms with van der Waals surface area (Å²) in [4.78, 5) is 40.9. The minimum Gasteiger partial charge on any atom is -0.508 e. The van der Waals surface area contributed by atoms with Crippen molar-refractivity contribution in [2.24, 2.45) is 5.73 Å². The second-order valence-electron chi connectivity index (χ2n) is 9.03. The minimum atomic E-state index is -1.13. The van der Waals surface area contributed by atoms with Crippen molar-refractivity contribution in [2.45, 2.75) is 38.8 Å². The molecule has 1 aliphatic rings. The number of carbonyl (C=O) groups excluding carboxylic acids is 3. The highest BCUT2D eigenvalue weighted by Crippen LogP contribution is 2.34. The molecule has 4 rings (SSSR count). The van der Waals surface area contributed by atoms with Crippen LogP contribution in [0, 0.1) is 13.8 Å². The molecule has 3 aromatic rings. The first kappa shape index (κ1) is 26.1. The molecule has 2 aromatic carbocycles. The molecule has 10 nitrogen and oxygen atoms in total. The number of primary amides is 1. The number of nitrogen functional groups attached to an aromatic ring is 1. The van der Waals surface area contributed by atoms with Gasteiger partial charge in [-0.05, 0) is 79.2 Å². The van der Waals surface area contributed by atoms with Gasteiger partial charge in [-0.15, -0.1) is 0 Å². The van der Waals surface area contributed by atoms with Gasteiger partial charge in [0.2, 0.25) is 5.91 Å².